The lowest BCUT2D eigenvalue weighted by Crippen LogP contribution is -2.26. The summed E-state index contributed by atoms with van der Waals surface area (Å²) in [5, 5.41) is 4.28. The summed E-state index contributed by atoms with van der Waals surface area (Å²) < 4.78 is 25.9. The molecule has 0 aliphatic carbocycles. The summed E-state index contributed by atoms with van der Waals surface area (Å²) in [6.07, 6.45) is 0. The molecule has 2 rings (SSSR count). The van der Waals surface area contributed by atoms with Gasteiger partial charge < -0.3 is 0 Å². The highest BCUT2D eigenvalue weighted by Gasteiger charge is 2.21. The molecule has 0 saturated carbocycles. The van der Waals surface area contributed by atoms with Crippen molar-refractivity contribution in [3.8, 4) is 0 Å². The Morgan fingerprint density at radius 3 is 2.72 bits per heavy atom. The quantitative estimate of drug-likeness (QED) is 0.869. The van der Waals surface area contributed by atoms with E-state index in [0.29, 0.717) is 11.6 Å². The van der Waals surface area contributed by atoms with Gasteiger partial charge in [-0.1, -0.05) is 17.7 Å². The molecule has 1 aromatic heterocycles. The van der Waals surface area contributed by atoms with Crippen LogP contribution >= 0.6 is 22.9 Å². The minimum absolute atomic E-state index is 0.215. The molecule has 1 heterocycles. The fraction of sp³-hybridized carbons (Fsp3) is 0.167. The molecular weight excluding hydrogens is 290 g/mol. The van der Waals surface area contributed by atoms with E-state index in [-0.39, 0.29) is 4.90 Å². The summed E-state index contributed by atoms with van der Waals surface area (Å²) in [5.41, 5.74) is 0.980. The van der Waals surface area contributed by atoms with Gasteiger partial charge in [-0.05, 0) is 40.6 Å². The van der Waals surface area contributed by atoms with E-state index < -0.39 is 10.0 Å². The third-order valence-corrected chi connectivity index (χ3v) is 5.26. The molecular formula is C12H12ClNO2S2. The van der Waals surface area contributed by atoms with Crippen LogP contribution in [0, 0.1) is 0 Å². The fourth-order valence-electron chi connectivity index (χ4n) is 1.53. The third-order valence-electron chi connectivity index (χ3n) is 2.49. The Morgan fingerprint density at radius 1 is 1.33 bits per heavy atom. The molecule has 18 heavy (non-hydrogen) atoms. The largest absolute Gasteiger partial charge is 0.243 e. The van der Waals surface area contributed by atoms with Gasteiger partial charge >= 0.3 is 0 Å². The normalized spacial score (nSPS) is 11.9. The molecule has 0 amide bonds. The minimum Gasteiger partial charge on any atom is -0.207 e. The van der Waals surface area contributed by atoms with Gasteiger partial charge in [0, 0.05) is 18.6 Å². The second-order valence-corrected chi connectivity index (χ2v) is 7.11. The lowest BCUT2D eigenvalue weighted by molar-refractivity contribution is 0.467. The first-order valence-corrected chi connectivity index (χ1v) is 7.99. The number of hydrogen-bond acceptors (Lipinski definition) is 3. The summed E-state index contributed by atoms with van der Waals surface area (Å²) in [6, 6.07) is 8.20. The SMILES string of the molecule is CN(Cc1ccsc1)S(=O)(=O)c1cccc(Cl)c1. The van der Waals surface area contributed by atoms with Crippen LogP contribution in [0.25, 0.3) is 0 Å². The van der Waals surface area contributed by atoms with Gasteiger partial charge in [0.05, 0.1) is 4.90 Å². The standard InChI is InChI=1S/C12H12ClNO2S2/c1-14(8-10-5-6-17-9-10)18(15,16)12-4-2-3-11(13)7-12/h2-7,9H,8H2,1H3. The average Bonchev–Trinajstić information content (AvgIpc) is 2.81. The van der Waals surface area contributed by atoms with E-state index in [9.17, 15) is 8.42 Å². The fourth-order valence-corrected chi connectivity index (χ4v) is 3.65. The summed E-state index contributed by atoms with van der Waals surface area (Å²) in [6.45, 7) is 0.359. The van der Waals surface area contributed by atoms with Crippen molar-refractivity contribution in [1.29, 1.82) is 0 Å². The van der Waals surface area contributed by atoms with Gasteiger partial charge in [-0.25, -0.2) is 8.42 Å². The van der Waals surface area contributed by atoms with Crippen LogP contribution in [-0.2, 0) is 16.6 Å². The van der Waals surface area contributed by atoms with Crippen molar-refractivity contribution in [3.05, 3.63) is 51.7 Å². The molecule has 0 aliphatic heterocycles. The molecule has 0 aliphatic rings. The molecule has 0 spiro atoms. The Hall–Kier alpha value is -0.880. The van der Waals surface area contributed by atoms with Crippen molar-refractivity contribution >= 4 is 33.0 Å². The minimum atomic E-state index is -3.48. The van der Waals surface area contributed by atoms with E-state index >= 15 is 0 Å². The summed E-state index contributed by atoms with van der Waals surface area (Å²) in [4.78, 5) is 0.215. The molecule has 0 radical (unpaired) electrons. The van der Waals surface area contributed by atoms with Gasteiger partial charge in [0.15, 0.2) is 0 Å². The van der Waals surface area contributed by atoms with Crippen LogP contribution in [0.1, 0.15) is 5.56 Å². The highest BCUT2D eigenvalue weighted by atomic mass is 35.5. The van der Waals surface area contributed by atoms with Crippen molar-refractivity contribution in [3.63, 3.8) is 0 Å². The van der Waals surface area contributed by atoms with Gasteiger partial charge in [-0.2, -0.15) is 15.6 Å². The predicted octanol–water partition coefficient (Wildman–Crippen LogP) is 3.22. The maximum Gasteiger partial charge on any atom is 0.243 e. The molecule has 1 aromatic carbocycles. The lowest BCUT2D eigenvalue weighted by Gasteiger charge is -2.16. The molecule has 6 heteroatoms. The number of nitrogens with zero attached hydrogens (tertiary/aromatic N) is 1. The van der Waals surface area contributed by atoms with Crippen LogP contribution < -0.4 is 0 Å². The maximum atomic E-state index is 12.3. The zero-order valence-electron chi connectivity index (χ0n) is 9.71. The second kappa shape index (κ2) is 5.40. The van der Waals surface area contributed by atoms with Crippen LogP contribution in [0.5, 0.6) is 0 Å². The van der Waals surface area contributed by atoms with E-state index in [1.165, 1.54) is 10.4 Å². The number of rotatable bonds is 4. The summed E-state index contributed by atoms with van der Waals surface area (Å²) >= 11 is 7.36. The van der Waals surface area contributed by atoms with Crippen LogP contribution in [-0.4, -0.2) is 19.8 Å². The molecule has 0 fully saturated rings. The van der Waals surface area contributed by atoms with E-state index in [1.54, 1.807) is 36.6 Å². The van der Waals surface area contributed by atoms with Gasteiger partial charge in [-0.3, -0.25) is 0 Å². The first-order chi connectivity index (χ1) is 8.50. The first-order valence-electron chi connectivity index (χ1n) is 5.23. The van der Waals surface area contributed by atoms with Crippen molar-refractivity contribution in [2.75, 3.05) is 7.05 Å². The topological polar surface area (TPSA) is 37.4 Å². The zero-order valence-corrected chi connectivity index (χ0v) is 12.1. The Balaban J connectivity index is 2.25. The van der Waals surface area contributed by atoms with E-state index in [1.807, 2.05) is 16.8 Å². The number of halogens is 1. The number of benzene rings is 1. The number of thiophene rings is 1. The molecule has 3 nitrogen and oxygen atoms in total. The molecule has 0 saturated heterocycles. The number of hydrogen-bond donors (Lipinski definition) is 0. The van der Waals surface area contributed by atoms with Gasteiger partial charge in [-0.15, -0.1) is 0 Å². The van der Waals surface area contributed by atoms with Crippen molar-refractivity contribution in [1.82, 2.24) is 4.31 Å². The summed E-state index contributed by atoms with van der Waals surface area (Å²) in [7, 11) is -1.92. The Kier molecular flexibility index (Phi) is 4.07. The van der Waals surface area contributed by atoms with Crippen molar-refractivity contribution < 1.29 is 8.42 Å². The van der Waals surface area contributed by atoms with Gasteiger partial charge in [0.1, 0.15) is 0 Å². The molecule has 0 bridgehead atoms. The van der Waals surface area contributed by atoms with E-state index in [4.69, 9.17) is 11.6 Å². The summed E-state index contributed by atoms with van der Waals surface area (Å²) in [5.74, 6) is 0. The Morgan fingerprint density at radius 2 is 2.11 bits per heavy atom. The smallest absolute Gasteiger partial charge is 0.207 e. The average molecular weight is 302 g/mol. The second-order valence-electron chi connectivity index (χ2n) is 3.85. The third kappa shape index (κ3) is 2.92. The molecule has 0 atom stereocenters. The van der Waals surface area contributed by atoms with Crippen LogP contribution in [0.4, 0.5) is 0 Å². The molecule has 2 aromatic rings. The van der Waals surface area contributed by atoms with Crippen LogP contribution in [0.15, 0.2) is 46.0 Å². The van der Waals surface area contributed by atoms with Crippen molar-refractivity contribution in [2.24, 2.45) is 0 Å². The maximum absolute atomic E-state index is 12.3. The highest BCUT2D eigenvalue weighted by molar-refractivity contribution is 7.89. The molecule has 96 valence electrons. The van der Waals surface area contributed by atoms with Crippen LogP contribution in [0.3, 0.4) is 0 Å². The van der Waals surface area contributed by atoms with Gasteiger partial charge in [0.25, 0.3) is 0 Å². The predicted molar refractivity (Wildman–Crippen MR) is 74.4 cm³/mol. The Labute approximate surface area is 116 Å². The Bertz CT molecular complexity index is 623. The van der Waals surface area contributed by atoms with E-state index in [2.05, 4.69) is 0 Å². The first kappa shape index (κ1) is 13.5. The van der Waals surface area contributed by atoms with E-state index in [0.717, 1.165) is 5.56 Å². The molecule has 0 N–H and O–H groups in total. The van der Waals surface area contributed by atoms with Crippen LogP contribution in [0.2, 0.25) is 5.02 Å². The lowest BCUT2D eigenvalue weighted by atomic mass is 10.3. The molecule has 0 unspecified atom stereocenters. The van der Waals surface area contributed by atoms with Gasteiger partial charge in [0.2, 0.25) is 10.0 Å². The zero-order chi connectivity index (χ0) is 13.2. The highest BCUT2D eigenvalue weighted by Crippen LogP contribution is 2.20. The number of sulfonamides is 1. The van der Waals surface area contributed by atoms with Crippen molar-refractivity contribution in [2.45, 2.75) is 11.4 Å². The monoisotopic (exact) mass is 301 g/mol.